The zero-order chi connectivity index (χ0) is 10.8. The van der Waals surface area contributed by atoms with Crippen molar-refractivity contribution >= 4 is 11.6 Å². The average Bonchev–Trinajstić information content (AvgIpc) is 2.18. The zero-order valence-corrected chi connectivity index (χ0v) is 8.70. The molecule has 2 heteroatoms. The molecule has 74 valence electrons. The molecular formula is C12H14O2. The second-order valence-corrected chi connectivity index (χ2v) is 3.88. The van der Waals surface area contributed by atoms with Gasteiger partial charge in [-0.05, 0) is 19.4 Å². The second kappa shape index (κ2) is 3.74. The molecule has 0 aromatic heterocycles. The van der Waals surface area contributed by atoms with E-state index in [1.807, 2.05) is 30.3 Å². The maximum absolute atomic E-state index is 11.6. The quantitative estimate of drug-likeness (QED) is 0.684. The highest BCUT2D eigenvalue weighted by atomic mass is 16.2. The first kappa shape index (κ1) is 10.6. The largest absolute Gasteiger partial charge is 0.291 e. The maximum Gasteiger partial charge on any atom is 0.208 e. The van der Waals surface area contributed by atoms with Gasteiger partial charge in [-0.2, -0.15) is 0 Å². The van der Waals surface area contributed by atoms with Crippen molar-refractivity contribution in [2.45, 2.75) is 26.2 Å². The molecule has 2 nitrogen and oxygen atoms in total. The predicted octanol–water partition coefficient (Wildman–Crippen LogP) is 2.12. The fraction of sp³-hybridized carbons (Fsp3) is 0.333. The van der Waals surface area contributed by atoms with Gasteiger partial charge in [-0.15, -0.1) is 0 Å². The van der Waals surface area contributed by atoms with E-state index in [1.165, 1.54) is 6.92 Å². The molecule has 0 saturated heterocycles. The summed E-state index contributed by atoms with van der Waals surface area (Å²) in [5.41, 5.74) is 0.160. The minimum absolute atomic E-state index is 0.344. The number of hydrogen-bond donors (Lipinski definition) is 0. The number of rotatable bonds is 3. The SMILES string of the molecule is CC(=O)C(=O)C(C)(C)c1ccccc1. The molecule has 0 aliphatic rings. The van der Waals surface area contributed by atoms with Gasteiger partial charge in [-0.1, -0.05) is 30.3 Å². The molecule has 0 heterocycles. The molecule has 1 aromatic rings. The normalized spacial score (nSPS) is 11.1. The zero-order valence-electron chi connectivity index (χ0n) is 8.70. The van der Waals surface area contributed by atoms with Crippen LogP contribution in [0, 0.1) is 0 Å². The van der Waals surface area contributed by atoms with Crippen LogP contribution in [0.2, 0.25) is 0 Å². The molecule has 0 aliphatic carbocycles. The molecule has 1 rings (SSSR count). The summed E-state index contributed by atoms with van der Waals surface area (Å²) in [7, 11) is 0. The van der Waals surface area contributed by atoms with Crippen molar-refractivity contribution in [1.82, 2.24) is 0 Å². The first-order valence-corrected chi connectivity index (χ1v) is 4.57. The molecule has 0 spiro atoms. The van der Waals surface area contributed by atoms with Gasteiger partial charge in [-0.25, -0.2) is 0 Å². The Kier molecular flexibility index (Phi) is 2.84. The van der Waals surface area contributed by atoms with Gasteiger partial charge in [0.2, 0.25) is 5.78 Å². The summed E-state index contributed by atoms with van der Waals surface area (Å²) in [5, 5.41) is 0. The van der Waals surface area contributed by atoms with Gasteiger partial charge >= 0.3 is 0 Å². The maximum atomic E-state index is 11.6. The average molecular weight is 190 g/mol. The van der Waals surface area contributed by atoms with E-state index in [0.717, 1.165) is 5.56 Å². The van der Waals surface area contributed by atoms with Crippen LogP contribution in [0.5, 0.6) is 0 Å². The van der Waals surface area contributed by atoms with Gasteiger partial charge in [0.05, 0.1) is 5.41 Å². The number of benzene rings is 1. The van der Waals surface area contributed by atoms with E-state index in [0.29, 0.717) is 0 Å². The van der Waals surface area contributed by atoms with Gasteiger partial charge in [0.25, 0.3) is 0 Å². The summed E-state index contributed by atoms with van der Waals surface area (Å²) in [6, 6.07) is 9.34. The van der Waals surface area contributed by atoms with Crippen molar-refractivity contribution in [1.29, 1.82) is 0 Å². The van der Waals surface area contributed by atoms with E-state index in [1.54, 1.807) is 13.8 Å². The van der Waals surface area contributed by atoms with Gasteiger partial charge < -0.3 is 0 Å². The van der Waals surface area contributed by atoms with Crippen molar-refractivity contribution in [2.24, 2.45) is 0 Å². The standard InChI is InChI=1S/C12H14O2/c1-9(13)11(14)12(2,3)10-7-5-4-6-8-10/h4-8H,1-3H3. The third-order valence-electron chi connectivity index (χ3n) is 2.38. The molecule has 0 fully saturated rings. The van der Waals surface area contributed by atoms with Crippen LogP contribution >= 0.6 is 0 Å². The molecule has 0 atom stereocenters. The Bertz CT molecular complexity index is 350. The Morgan fingerprint density at radius 1 is 1.07 bits per heavy atom. The molecular weight excluding hydrogens is 176 g/mol. The summed E-state index contributed by atoms with van der Waals surface area (Å²) in [4.78, 5) is 22.6. The molecule has 0 N–H and O–H groups in total. The lowest BCUT2D eigenvalue weighted by molar-refractivity contribution is -0.138. The Labute approximate surface area is 83.9 Å². The fourth-order valence-corrected chi connectivity index (χ4v) is 1.43. The monoisotopic (exact) mass is 190 g/mol. The van der Waals surface area contributed by atoms with Crippen LogP contribution in [-0.4, -0.2) is 11.6 Å². The van der Waals surface area contributed by atoms with E-state index in [9.17, 15) is 9.59 Å². The third-order valence-corrected chi connectivity index (χ3v) is 2.38. The van der Waals surface area contributed by atoms with E-state index < -0.39 is 5.41 Å². The topological polar surface area (TPSA) is 34.1 Å². The lowest BCUT2D eigenvalue weighted by Crippen LogP contribution is -2.33. The highest BCUT2D eigenvalue weighted by Crippen LogP contribution is 2.24. The van der Waals surface area contributed by atoms with Crippen molar-refractivity contribution in [3.8, 4) is 0 Å². The van der Waals surface area contributed by atoms with E-state index in [-0.39, 0.29) is 11.6 Å². The minimum atomic E-state index is -0.715. The Morgan fingerprint density at radius 3 is 2.00 bits per heavy atom. The number of carbonyl (C=O) groups excluding carboxylic acids is 2. The molecule has 0 unspecified atom stereocenters. The molecule has 0 radical (unpaired) electrons. The summed E-state index contributed by atoms with van der Waals surface area (Å²) in [6.45, 7) is 4.85. The first-order valence-electron chi connectivity index (χ1n) is 4.57. The van der Waals surface area contributed by atoms with Gasteiger partial charge in [-0.3, -0.25) is 9.59 Å². The van der Waals surface area contributed by atoms with Crippen LogP contribution in [0.25, 0.3) is 0 Å². The minimum Gasteiger partial charge on any atom is -0.291 e. The van der Waals surface area contributed by atoms with Crippen LogP contribution in [0.3, 0.4) is 0 Å². The van der Waals surface area contributed by atoms with Gasteiger partial charge in [0, 0.05) is 6.92 Å². The Hall–Kier alpha value is -1.44. The van der Waals surface area contributed by atoms with Crippen LogP contribution in [0.4, 0.5) is 0 Å². The predicted molar refractivity (Wildman–Crippen MR) is 55.2 cm³/mol. The smallest absolute Gasteiger partial charge is 0.208 e. The third kappa shape index (κ3) is 1.90. The number of Topliss-reactive ketones (excluding diaryl/α,β-unsaturated/α-hetero) is 2. The summed E-state index contributed by atoms with van der Waals surface area (Å²) in [6.07, 6.45) is 0. The summed E-state index contributed by atoms with van der Waals surface area (Å²) in [5.74, 6) is -0.734. The van der Waals surface area contributed by atoms with Crippen LogP contribution in [0.15, 0.2) is 30.3 Å². The van der Waals surface area contributed by atoms with Crippen molar-refractivity contribution in [3.63, 3.8) is 0 Å². The number of carbonyl (C=O) groups is 2. The molecule has 0 bridgehead atoms. The van der Waals surface area contributed by atoms with Crippen LogP contribution in [-0.2, 0) is 15.0 Å². The second-order valence-electron chi connectivity index (χ2n) is 3.88. The number of ketones is 2. The first-order chi connectivity index (χ1) is 6.46. The van der Waals surface area contributed by atoms with Crippen molar-refractivity contribution in [3.05, 3.63) is 35.9 Å². The van der Waals surface area contributed by atoms with Crippen LogP contribution < -0.4 is 0 Å². The molecule has 0 amide bonds. The van der Waals surface area contributed by atoms with Crippen molar-refractivity contribution in [2.75, 3.05) is 0 Å². The van der Waals surface area contributed by atoms with E-state index in [4.69, 9.17) is 0 Å². The molecule has 1 aromatic carbocycles. The number of hydrogen-bond acceptors (Lipinski definition) is 2. The summed E-state index contributed by atoms with van der Waals surface area (Å²) < 4.78 is 0. The van der Waals surface area contributed by atoms with Gasteiger partial charge in [0.15, 0.2) is 5.78 Å². The molecule has 14 heavy (non-hydrogen) atoms. The summed E-state index contributed by atoms with van der Waals surface area (Å²) >= 11 is 0. The Morgan fingerprint density at radius 2 is 1.57 bits per heavy atom. The van der Waals surface area contributed by atoms with Gasteiger partial charge in [0.1, 0.15) is 0 Å². The van der Waals surface area contributed by atoms with Crippen molar-refractivity contribution < 1.29 is 9.59 Å². The van der Waals surface area contributed by atoms with E-state index in [2.05, 4.69) is 0 Å². The lowest BCUT2D eigenvalue weighted by atomic mass is 9.79. The highest BCUT2D eigenvalue weighted by Gasteiger charge is 2.32. The highest BCUT2D eigenvalue weighted by molar-refractivity contribution is 6.39. The molecule has 0 saturated carbocycles. The lowest BCUT2D eigenvalue weighted by Gasteiger charge is -2.21. The molecule has 0 aliphatic heterocycles. The van der Waals surface area contributed by atoms with Crippen LogP contribution in [0.1, 0.15) is 26.3 Å². The fourth-order valence-electron chi connectivity index (χ4n) is 1.43. The Balaban J connectivity index is 3.08. The van der Waals surface area contributed by atoms with E-state index >= 15 is 0 Å².